The molecule has 2 aromatic rings. The first-order valence-electron chi connectivity index (χ1n) is 5.85. The Labute approximate surface area is 115 Å². The van der Waals surface area contributed by atoms with Crippen LogP contribution in [-0.2, 0) is 0 Å². The largest absolute Gasteiger partial charge is 0.477 e. The Bertz CT molecular complexity index is 636. The number of carboxylic acids is 1. The molecule has 0 unspecified atom stereocenters. The lowest BCUT2D eigenvalue weighted by atomic mass is 10.2. The van der Waals surface area contributed by atoms with Crippen molar-refractivity contribution < 1.29 is 9.90 Å². The summed E-state index contributed by atoms with van der Waals surface area (Å²) in [5, 5.41) is 10.0. The minimum Gasteiger partial charge on any atom is -0.477 e. The van der Waals surface area contributed by atoms with E-state index in [1.165, 1.54) is 17.7 Å². The maximum absolute atomic E-state index is 11.2. The number of rotatable bonds is 5. The minimum absolute atomic E-state index is 0.328. The van der Waals surface area contributed by atoms with E-state index in [0.29, 0.717) is 9.71 Å². The van der Waals surface area contributed by atoms with Gasteiger partial charge in [0.05, 0.1) is 5.39 Å². The molecule has 1 N–H and O–H groups in total. The standard InChI is InChI=1S/C13H15N3O2S/c1-4-5-6-16(3)11-9-8(2)10(13(17)18)19-12(9)15-7-14-11/h4,7H,1,5-6H2,2-3H3,(H,17,18). The van der Waals surface area contributed by atoms with Crippen LogP contribution in [0.25, 0.3) is 10.2 Å². The first-order chi connectivity index (χ1) is 9.06. The second kappa shape index (κ2) is 5.36. The molecular formula is C13H15N3O2S. The van der Waals surface area contributed by atoms with E-state index in [4.69, 9.17) is 0 Å². The second-order valence-corrected chi connectivity index (χ2v) is 5.24. The third-order valence-electron chi connectivity index (χ3n) is 2.93. The van der Waals surface area contributed by atoms with Crippen LogP contribution in [-0.4, -0.2) is 34.6 Å². The number of thiophene rings is 1. The summed E-state index contributed by atoms with van der Waals surface area (Å²) in [5.41, 5.74) is 0.730. The molecule has 0 saturated carbocycles. The number of aromatic nitrogens is 2. The van der Waals surface area contributed by atoms with Crippen molar-refractivity contribution in [3.63, 3.8) is 0 Å². The highest BCUT2D eigenvalue weighted by molar-refractivity contribution is 7.20. The molecule has 0 saturated heterocycles. The number of hydrogen-bond acceptors (Lipinski definition) is 5. The Morgan fingerprint density at radius 1 is 1.58 bits per heavy atom. The van der Waals surface area contributed by atoms with E-state index in [1.807, 2.05) is 18.0 Å². The molecule has 100 valence electrons. The van der Waals surface area contributed by atoms with E-state index in [1.54, 1.807) is 6.92 Å². The Morgan fingerprint density at radius 2 is 2.32 bits per heavy atom. The summed E-state index contributed by atoms with van der Waals surface area (Å²) >= 11 is 1.19. The van der Waals surface area contributed by atoms with Crippen LogP contribution in [0.3, 0.4) is 0 Å². The zero-order valence-corrected chi connectivity index (χ0v) is 11.7. The summed E-state index contributed by atoms with van der Waals surface area (Å²) in [6.07, 6.45) is 4.17. The van der Waals surface area contributed by atoms with Crippen molar-refractivity contribution >= 4 is 33.3 Å². The van der Waals surface area contributed by atoms with Gasteiger partial charge < -0.3 is 10.0 Å². The predicted molar refractivity (Wildman–Crippen MR) is 77.2 cm³/mol. The van der Waals surface area contributed by atoms with Crippen LogP contribution in [0, 0.1) is 6.92 Å². The first kappa shape index (κ1) is 13.5. The number of aromatic carboxylic acids is 1. The summed E-state index contributed by atoms with van der Waals surface area (Å²) < 4.78 is 0. The molecule has 0 fully saturated rings. The predicted octanol–water partition coefficient (Wildman–Crippen LogP) is 2.71. The number of hydrogen-bond donors (Lipinski definition) is 1. The molecule has 0 aliphatic rings. The Balaban J connectivity index is 2.55. The first-order valence-corrected chi connectivity index (χ1v) is 6.67. The fourth-order valence-electron chi connectivity index (χ4n) is 1.94. The number of carbonyl (C=O) groups is 1. The van der Waals surface area contributed by atoms with Crippen LogP contribution in [0.1, 0.15) is 21.7 Å². The molecule has 19 heavy (non-hydrogen) atoms. The van der Waals surface area contributed by atoms with E-state index in [2.05, 4.69) is 16.5 Å². The van der Waals surface area contributed by atoms with E-state index in [-0.39, 0.29) is 0 Å². The van der Waals surface area contributed by atoms with Gasteiger partial charge >= 0.3 is 5.97 Å². The van der Waals surface area contributed by atoms with Gasteiger partial charge in [-0.25, -0.2) is 14.8 Å². The zero-order chi connectivity index (χ0) is 14.0. The molecule has 5 nitrogen and oxygen atoms in total. The number of nitrogens with zero attached hydrogens (tertiary/aromatic N) is 3. The zero-order valence-electron chi connectivity index (χ0n) is 10.9. The highest BCUT2D eigenvalue weighted by atomic mass is 32.1. The minimum atomic E-state index is -0.916. The van der Waals surface area contributed by atoms with Gasteiger partial charge in [0, 0.05) is 13.6 Å². The van der Waals surface area contributed by atoms with Gasteiger partial charge in [-0.3, -0.25) is 0 Å². The summed E-state index contributed by atoms with van der Waals surface area (Å²) in [6, 6.07) is 0. The van der Waals surface area contributed by atoms with Crippen molar-refractivity contribution in [2.45, 2.75) is 13.3 Å². The fourth-order valence-corrected chi connectivity index (χ4v) is 2.92. The summed E-state index contributed by atoms with van der Waals surface area (Å²) in [4.78, 5) is 22.7. The van der Waals surface area contributed by atoms with Crippen LogP contribution < -0.4 is 4.90 Å². The molecule has 0 atom stereocenters. The van der Waals surface area contributed by atoms with Gasteiger partial charge in [-0.1, -0.05) is 6.08 Å². The van der Waals surface area contributed by atoms with Crippen molar-refractivity contribution in [3.8, 4) is 0 Å². The quantitative estimate of drug-likeness (QED) is 0.851. The molecule has 2 aromatic heterocycles. The number of fused-ring (bicyclic) bond motifs is 1. The maximum atomic E-state index is 11.2. The van der Waals surface area contributed by atoms with Gasteiger partial charge in [0.25, 0.3) is 0 Å². The monoisotopic (exact) mass is 277 g/mol. The SMILES string of the molecule is C=CCCN(C)c1ncnc2sc(C(=O)O)c(C)c12. The molecular weight excluding hydrogens is 262 g/mol. The van der Waals surface area contributed by atoms with Crippen LogP contribution in [0.15, 0.2) is 19.0 Å². The molecule has 0 amide bonds. The normalized spacial score (nSPS) is 10.6. The van der Waals surface area contributed by atoms with Crippen LogP contribution in [0.5, 0.6) is 0 Å². The third kappa shape index (κ3) is 2.44. The van der Waals surface area contributed by atoms with Gasteiger partial charge in [0.15, 0.2) is 0 Å². The summed E-state index contributed by atoms with van der Waals surface area (Å²) in [6.45, 7) is 6.29. The van der Waals surface area contributed by atoms with Crippen molar-refractivity contribution in [2.24, 2.45) is 0 Å². The lowest BCUT2D eigenvalue weighted by Gasteiger charge is -2.18. The second-order valence-electron chi connectivity index (χ2n) is 4.24. The molecule has 2 heterocycles. The number of carboxylic acid groups (broad SMARTS) is 1. The van der Waals surface area contributed by atoms with Crippen LogP contribution in [0.4, 0.5) is 5.82 Å². The summed E-state index contributed by atoms with van der Waals surface area (Å²) in [7, 11) is 1.93. The van der Waals surface area contributed by atoms with E-state index < -0.39 is 5.97 Å². The molecule has 0 bridgehead atoms. The lowest BCUT2D eigenvalue weighted by Crippen LogP contribution is -2.19. The van der Waals surface area contributed by atoms with Gasteiger partial charge in [-0.15, -0.1) is 17.9 Å². The molecule has 0 aliphatic carbocycles. The highest BCUT2D eigenvalue weighted by Crippen LogP contribution is 2.34. The molecule has 0 spiro atoms. The Morgan fingerprint density at radius 3 is 2.95 bits per heavy atom. The highest BCUT2D eigenvalue weighted by Gasteiger charge is 2.19. The van der Waals surface area contributed by atoms with Crippen LogP contribution >= 0.6 is 11.3 Å². The van der Waals surface area contributed by atoms with E-state index >= 15 is 0 Å². The Hall–Kier alpha value is -1.95. The van der Waals surface area contributed by atoms with Gasteiger partial charge in [-0.2, -0.15) is 0 Å². The van der Waals surface area contributed by atoms with E-state index in [0.717, 1.165) is 29.7 Å². The molecule has 0 aromatic carbocycles. The van der Waals surface area contributed by atoms with Gasteiger partial charge in [0.2, 0.25) is 0 Å². The smallest absolute Gasteiger partial charge is 0.346 e. The Kier molecular flexibility index (Phi) is 3.80. The fraction of sp³-hybridized carbons (Fsp3) is 0.308. The average molecular weight is 277 g/mol. The topological polar surface area (TPSA) is 66.3 Å². The van der Waals surface area contributed by atoms with Gasteiger partial charge in [0.1, 0.15) is 21.9 Å². The molecule has 6 heteroatoms. The van der Waals surface area contributed by atoms with Crippen molar-refractivity contribution in [2.75, 3.05) is 18.5 Å². The summed E-state index contributed by atoms with van der Waals surface area (Å²) in [5.74, 6) is -0.145. The molecule has 0 aliphatic heterocycles. The van der Waals surface area contributed by atoms with Gasteiger partial charge in [-0.05, 0) is 18.9 Å². The van der Waals surface area contributed by atoms with Crippen LogP contribution in [0.2, 0.25) is 0 Å². The average Bonchev–Trinajstić information content (AvgIpc) is 2.73. The van der Waals surface area contributed by atoms with Crippen molar-refractivity contribution in [1.29, 1.82) is 0 Å². The number of anilines is 1. The van der Waals surface area contributed by atoms with E-state index in [9.17, 15) is 9.90 Å². The molecule has 0 radical (unpaired) electrons. The lowest BCUT2D eigenvalue weighted by molar-refractivity contribution is 0.0701. The maximum Gasteiger partial charge on any atom is 0.346 e. The molecule has 2 rings (SSSR count). The third-order valence-corrected chi connectivity index (χ3v) is 4.12. The number of aryl methyl sites for hydroxylation is 1. The van der Waals surface area contributed by atoms with Crippen molar-refractivity contribution in [3.05, 3.63) is 29.4 Å². The van der Waals surface area contributed by atoms with Crippen molar-refractivity contribution in [1.82, 2.24) is 9.97 Å².